The maximum Gasteiger partial charge on any atom is 0.265 e. The highest BCUT2D eigenvalue weighted by Crippen LogP contribution is 2.31. The smallest absolute Gasteiger partial charge is 0.265 e. The first-order chi connectivity index (χ1) is 16.4. The molecule has 1 fully saturated rings. The number of aryl methyl sites for hydroxylation is 2. The number of methoxy groups -OCH3 is 1. The Morgan fingerprint density at radius 3 is 2.53 bits per heavy atom. The molecular weight excluding hydrogens is 456 g/mol. The molecule has 2 aliphatic rings. The minimum atomic E-state index is -3.80. The number of benzene rings is 2. The fourth-order valence-electron chi connectivity index (χ4n) is 4.37. The Kier molecular flexibility index (Phi) is 7.75. The molecule has 1 atom stereocenters. The summed E-state index contributed by atoms with van der Waals surface area (Å²) >= 11 is 0. The third-order valence-electron chi connectivity index (χ3n) is 6.28. The second-order valence-corrected chi connectivity index (χ2v) is 10.4. The van der Waals surface area contributed by atoms with Crippen molar-refractivity contribution in [2.24, 2.45) is 0 Å². The molecule has 0 unspecified atom stereocenters. The predicted molar refractivity (Wildman–Crippen MR) is 129 cm³/mol. The zero-order valence-corrected chi connectivity index (χ0v) is 20.5. The van der Waals surface area contributed by atoms with Crippen LogP contribution in [0, 0.1) is 0 Å². The Morgan fingerprint density at radius 2 is 1.82 bits per heavy atom. The van der Waals surface area contributed by atoms with Gasteiger partial charge in [0, 0.05) is 18.8 Å². The average molecular weight is 489 g/mol. The van der Waals surface area contributed by atoms with Crippen LogP contribution in [-0.4, -0.2) is 58.1 Å². The number of nitrogens with zero attached hydrogens (tertiary/aromatic N) is 1. The monoisotopic (exact) mass is 488 g/mol. The molecule has 2 aromatic carbocycles. The van der Waals surface area contributed by atoms with Gasteiger partial charge in [-0.15, -0.1) is 0 Å². The molecule has 0 radical (unpaired) electrons. The molecule has 0 aromatic heterocycles. The summed E-state index contributed by atoms with van der Waals surface area (Å²) in [4.78, 5) is 13.0. The standard InChI is InChI=1S/C25H32N2O6S/c1-3-22(33-21-10-8-18-6-4-5-7-19(18)16-21)25(28)26-20-9-11-23(31-2)24(17-20)34(29,30)27-12-14-32-15-13-27/h8-11,16-17,22H,3-7,12-15H2,1-2H3,(H,26,28)/t22-/m0/s1. The van der Waals surface area contributed by atoms with Crippen molar-refractivity contribution in [1.29, 1.82) is 0 Å². The number of hydrogen-bond acceptors (Lipinski definition) is 6. The first-order valence-electron chi connectivity index (χ1n) is 11.8. The van der Waals surface area contributed by atoms with Crippen molar-refractivity contribution in [2.75, 3.05) is 38.7 Å². The van der Waals surface area contributed by atoms with Crippen molar-refractivity contribution in [2.45, 2.75) is 50.0 Å². The number of sulfonamides is 1. The molecule has 0 spiro atoms. The fourth-order valence-corrected chi connectivity index (χ4v) is 5.96. The second kappa shape index (κ2) is 10.8. The van der Waals surface area contributed by atoms with Gasteiger partial charge in [0.25, 0.3) is 5.91 Å². The number of carbonyl (C=O) groups is 1. The predicted octanol–water partition coefficient (Wildman–Crippen LogP) is 3.39. The van der Waals surface area contributed by atoms with E-state index < -0.39 is 16.1 Å². The van der Waals surface area contributed by atoms with Gasteiger partial charge in [-0.05, 0) is 73.6 Å². The number of anilines is 1. The molecule has 1 saturated heterocycles. The number of hydrogen-bond donors (Lipinski definition) is 1. The molecule has 2 aromatic rings. The Hall–Kier alpha value is -2.62. The van der Waals surface area contributed by atoms with Crippen LogP contribution >= 0.6 is 0 Å². The third kappa shape index (κ3) is 5.37. The summed E-state index contributed by atoms with van der Waals surface area (Å²) in [6, 6.07) is 10.6. The fraction of sp³-hybridized carbons (Fsp3) is 0.480. The Morgan fingerprint density at radius 1 is 1.09 bits per heavy atom. The third-order valence-corrected chi connectivity index (χ3v) is 8.20. The Labute approximate surface area is 201 Å². The number of amides is 1. The van der Waals surface area contributed by atoms with Gasteiger partial charge in [-0.1, -0.05) is 13.0 Å². The van der Waals surface area contributed by atoms with Crippen LogP contribution in [-0.2, 0) is 32.4 Å². The summed E-state index contributed by atoms with van der Waals surface area (Å²) in [7, 11) is -2.38. The highest BCUT2D eigenvalue weighted by Gasteiger charge is 2.30. The first kappa shape index (κ1) is 24.5. The van der Waals surface area contributed by atoms with Crippen LogP contribution in [0.5, 0.6) is 11.5 Å². The van der Waals surface area contributed by atoms with Gasteiger partial charge in [0.1, 0.15) is 16.4 Å². The van der Waals surface area contributed by atoms with Crippen molar-refractivity contribution >= 4 is 21.6 Å². The van der Waals surface area contributed by atoms with Crippen LogP contribution in [0.3, 0.4) is 0 Å². The van der Waals surface area contributed by atoms with E-state index in [1.165, 1.54) is 41.4 Å². The molecule has 1 aliphatic heterocycles. The zero-order valence-electron chi connectivity index (χ0n) is 19.7. The minimum Gasteiger partial charge on any atom is -0.495 e. The largest absolute Gasteiger partial charge is 0.495 e. The van der Waals surface area contributed by atoms with E-state index >= 15 is 0 Å². The summed E-state index contributed by atoms with van der Waals surface area (Å²) in [5, 5.41) is 2.82. The van der Waals surface area contributed by atoms with E-state index in [9.17, 15) is 13.2 Å². The number of rotatable bonds is 8. The molecule has 1 heterocycles. The van der Waals surface area contributed by atoms with Crippen LogP contribution < -0.4 is 14.8 Å². The van der Waals surface area contributed by atoms with E-state index in [0.717, 1.165) is 12.8 Å². The molecule has 0 saturated carbocycles. The molecule has 9 heteroatoms. The van der Waals surface area contributed by atoms with Gasteiger partial charge in [0.15, 0.2) is 6.10 Å². The lowest BCUT2D eigenvalue weighted by molar-refractivity contribution is -0.122. The van der Waals surface area contributed by atoms with Crippen LogP contribution in [0.15, 0.2) is 41.3 Å². The lowest BCUT2D eigenvalue weighted by atomic mass is 9.92. The van der Waals surface area contributed by atoms with E-state index in [4.69, 9.17) is 14.2 Å². The van der Waals surface area contributed by atoms with Crippen LogP contribution in [0.2, 0.25) is 0 Å². The summed E-state index contributed by atoms with van der Waals surface area (Å²) in [5.74, 6) is 0.565. The van der Waals surface area contributed by atoms with E-state index in [2.05, 4.69) is 11.4 Å². The maximum absolute atomic E-state index is 13.2. The van der Waals surface area contributed by atoms with E-state index in [1.807, 2.05) is 19.1 Å². The van der Waals surface area contributed by atoms with Crippen molar-refractivity contribution in [3.8, 4) is 11.5 Å². The quantitative estimate of drug-likeness (QED) is 0.612. The van der Waals surface area contributed by atoms with Gasteiger partial charge in [-0.2, -0.15) is 4.31 Å². The molecular formula is C25H32N2O6S. The number of carbonyl (C=O) groups excluding carboxylic acids is 1. The normalized spacial score (nSPS) is 17.5. The van der Waals surface area contributed by atoms with Crippen molar-refractivity contribution in [1.82, 2.24) is 4.31 Å². The van der Waals surface area contributed by atoms with Gasteiger partial charge in [0.2, 0.25) is 10.0 Å². The van der Waals surface area contributed by atoms with Crippen LogP contribution in [0.4, 0.5) is 5.69 Å². The number of nitrogens with one attached hydrogen (secondary N) is 1. The average Bonchev–Trinajstić information content (AvgIpc) is 2.87. The summed E-state index contributed by atoms with van der Waals surface area (Å²) in [6.45, 7) is 3.11. The van der Waals surface area contributed by atoms with Crippen molar-refractivity contribution in [3.05, 3.63) is 47.5 Å². The van der Waals surface area contributed by atoms with Crippen LogP contribution in [0.25, 0.3) is 0 Å². The molecule has 34 heavy (non-hydrogen) atoms. The van der Waals surface area contributed by atoms with E-state index in [1.54, 1.807) is 12.1 Å². The molecule has 1 amide bonds. The SMILES string of the molecule is CC[C@H](Oc1ccc2c(c1)CCCC2)C(=O)Nc1ccc(OC)c(S(=O)(=O)N2CCOCC2)c1. The van der Waals surface area contributed by atoms with Gasteiger partial charge in [0.05, 0.1) is 20.3 Å². The van der Waals surface area contributed by atoms with Gasteiger partial charge >= 0.3 is 0 Å². The van der Waals surface area contributed by atoms with Crippen molar-refractivity contribution in [3.63, 3.8) is 0 Å². The molecule has 1 aliphatic carbocycles. The molecule has 0 bridgehead atoms. The summed E-state index contributed by atoms with van der Waals surface area (Å²) in [5.41, 5.74) is 3.00. The number of morpholine rings is 1. The first-order valence-corrected chi connectivity index (χ1v) is 13.2. The van der Waals surface area contributed by atoms with E-state index in [0.29, 0.717) is 31.1 Å². The van der Waals surface area contributed by atoms with Gasteiger partial charge in [-0.25, -0.2) is 8.42 Å². The van der Waals surface area contributed by atoms with Gasteiger partial charge < -0.3 is 19.5 Å². The second-order valence-electron chi connectivity index (χ2n) is 8.52. The van der Waals surface area contributed by atoms with E-state index in [-0.39, 0.29) is 29.6 Å². The molecule has 8 nitrogen and oxygen atoms in total. The van der Waals surface area contributed by atoms with Crippen LogP contribution in [0.1, 0.15) is 37.3 Å². The maximum atomic E-state index is 13.2. The minimum absolute atomic E-state index is 0.0124. The molecule has 1 N–H and O–H groups in total. The van der Waals surface area contributed by atoms with Crippen molar-refractivity contribution < 1.29 is 27.4 Å². The molecule has 184 valence electrons. The lowest BCUT2D eigenvalue weighted by Gasteiger charge is -2.27. The number of ether oxygens (including phenoxy) is 3. The topological polar surface area (TPSA) is 94.2 Å². The lowest BCUT2D eigenvalue weighted by Crippen LogP contribution is -2.40. The zero-order chi connectivity index (χ0) is 24.1. The summed E-state index contributed by atoms with van der Waals surface area (Å²) in [6.07, 6.45) is 4.25. The van der Waals surface area contributed by atoms with Gasteiger partial charge in [-0.3, -0.25) is 4.79 Å². The Balaban J connectivity index is 1.51. The highest BCUT2D eigenvalue weighted by molar-refractivity contribution is 7.89. The highest BCUT2D eigenvalue weighted by atomic mass is 32.2. The summed E-state index contributed by atoms with van der Waals surface area (Å²) < 4.78 is 44.4. The number of fused-ring (bicyclic) bond motifs is 1. The molecule has 4 rings (SSSR count). The Bertz CT molecular complexity index is 1130.